The van der Waals surface area contributed by atoms with Crippen molar-refractivity contribution in [2.75, 3.05) is 5.75 Å². The zero-order valence-electron chi connectivity index (χ0n) is 10.5. The summed E-state index contributed by atoms with van der Waals surface area (Å²) in [5.74, 6) is 1.05. The van der Waals surface area contributed by atoms with E-state index in [1.165, 1.54) is 37.0 Å². The van der Waals surface area contributed by atoms with Crippen molar-refractivity contribution in [3.8, 4) is 0 Å². The van der Waals surface area contributed by atoms with E-state index in [2.05, 4.69) is 31.2 Å². The number of halogens is 1. The summed E-state index contributed by atoms with van der Waals surface area (Å²) in [5, 5.41) is 0.806. The lowest BCUT2D eigenvalue weighted by Gasteiger charge is -1.98. The smallest absolute Gasteiger partial charge is 0.0406 e. The van der Waals surface area contributed by atoms with E-state index in [1.807, 2.05) is 23.9 Å². The van der Waals surface area contributed by atoms with Gasteiger partial charge in [0.15, 0.2) is 0 Å². The molecule has 0 unspecified atom stereocenters. The summed E-state index contributed by atoms with van der Waals surface area (Å²) in [4.78, 5) is 1.28. The first-order valence-corrected chi connectivity index (χ1v) is 7.72. The fourth-order valence-electron chi connectivity index (χ4n) is 1.55. The third kappa shape index (κ3) is 7.51. The van der Waals surface area contributed by atoms with E-state index >= 15 is 0 Å². The summed E-state index contributed by atoms with van der Waals surface area (Å²) in [7, 11) is 0. The molecule has 0 amide bonds. The monoisotopic (exact) mass is 268 g/mol. The molecule has 0 bridgehead atoms. The number of allylic oxidation sites excluding steroid dienone is 1. The van der Waals surface area contributed by atoms with Gasteiger partial charge in [0.1, 0.15) is 0 Å². The average molecular weight is 269 g/mol. The number of thioether (sulfide) groups is 1. The zero-order chi connectivity index (χ0) is 12.3. The highest BCUT2D eigenvalue weighted by atomic mass is 35.5. The van der Waals surface area contributed by atoms with Crippen molar-refractivity contribution in [2.45, 2.75) is 43.9 Å². The molecule has 94 valence electrons. The van der Waals surface area contributed by atoms with E-state index < -0.39 is 0 Å². The van der Waals surface area contributed by atoms with Gasteiger partial charge in [-0.1, -0.05) is 49.9 Å². The Labute approximate surface area is 114 Å². The predicted octanol–water partition coefficient (Wildman–Crippen LogP) is 5.96. The molecular formula is C15H21ClS. The molecule has 0 N–H and O–H groups in total. The van der Waals surface area contributed by atoms with Gasteiger partial charge in [0.2, 0.25) is 0 Å². The molecule has 0 saturated heterocycles. The largest absolute Gasteiger partial charge is 0.122 e. The first-order valence-electron chi connectivity index (χ1n) is 6.36. The van der Waals surface area contributed by atoms with Crippen LogP contribution in [0.4, 0.5) is 0 Å². The number of hydrogen-bond donors (Lipinski definition) is 0. The van der Waals surface area contributed by atoms with Gasteiger partial charge < -0.3 is 0 Å². The first kappa shape index (κ1) is 14.7. The molecule has 2 heteroatoms. The Hall–Kier alpha value is -0.400. The van der Waals surface area contributed by atoms with Crippen LogP contribution in [0.5, 0.6) is 0 Å². The van der Waals surface area contributed by atoms with Crippen LogP contribution >= 0.6 is 23.4 Å². The predicted molar refractivity (Wildman–Crippen MR) is 80.1 cm³/mol. The van der Waals surface area contributed by atoms with Crippen molar-refractivity contribution in [2.24, 2.45) is 0 Å². The highest BCUT2D eigenvalue weighted by Crippen LogP contribution is 2.20. The molecule has 0 heterocycles. The summed E-state index contributed by atoms with van der Waals surface area (Å²) >= 11 is 7.68. The normalized spacial score (nSPS) is 11.2. The maximum Gasteiger partial charge on any atom is 0.0406 e. The van der Waals surface area contributed by atoms with Gasteiger partial charge in [-0.25, -0.2) is 0 Å². The van der Waals surface area contributed by atoms with Gasteiger partial charge in [-0.05, 0) is 37.1 Å². The van der Waals surface area contributed by atoms with Gasteiger partial charge in [-0.2, -0.15) is 0 Å². The van der Waals surface area contributed by atoms with Crippen LogP contribution in [0.1, 0.15) is 39.0 Å². The van der Waals surface area contributed by atoms with E-state index in [0.29, 0.717) is 0 Å². The minimum atomic E-state index is 0.806. The van der Waals surface area contributed by atoms with Crippen LogP contribution in [-0.2, 0) is 0 Å². The van der Waals surface area contributed by atoms with Gasteiger partial charge in [0, 0.05) is 15.7 Å². The van der Waals surface area contributed by atoms with Crippen LogP contribution in [0.3, 0.4) is 0 Å². The highest BCUT2D eigenvalue weighted by Gasteiger charge is 1.91. The summed E-state index contributed by atoms with van der Waals surface area (Å²) in [6.07, 6.45) is 11.2. The maximum absolute atomic E-state index is 5.83. The van der Waals surface area contributed by atoms with Crippen molar-refractivity contribution >= 4 is 23.4 Å². The molecule has 0 nitrogen and oxygen atoms in total. The molecule has 1 aromatic carbocycles. The van der Waals surface area contributed by atoms with E-state index in [4.69, 9.17) is 11.6 Å². The lowest BCUT2D eigenvalue weighted by atomic mass is 10.1. The molecule has 0 saturated carbocycles. The van der Waals surface area contributed by atoms with Crippen LogP contribution < -0.4 is 0 Å². The van der Waals surface area contributed by atoms with Crippen molar-refractivity contribution in [1.82, 2.24) is 0 Å². The molecule has 0 aliphatic rings. The Bertz CT molecular complexity index is 316. The Balaban J connectivity index is 2.07. The van der Waals surface area contributed by atoms with E-state index in [9.17, 15) is 0 Å². The highest BCUT2D eigenvalue weighted by molar-refractivity contribution is 7.99. The Morgan fingerprint density at radius 3 is 2.53 bits per heavy atom. The second-order valence-electron chi connectivity index (χ2n) is 4.09. The Morgan fingerprint density at radius 1 is 1.06 bits per heavy atom. The standard InChI is InChI=1S/C15H21ClS/c1-2-3-4-5-6-7-8-13-17-15-11-9-14(16)10-12-15/h7-12H,2-6,13H2,1H3/b8-7-. The van der Waals surface area contributed by atoms with Crippen LogP contribution in [0, 0.1) is 0 Å². The van der Waals surface area contributed by atoms with Gasteiger partial charge >= 0.3 is 0 Å². The summed E-state index contributed by atoms with van der Waals surface area (Å²) in [6, 6.07) is 8.03. The molecule has 1 rings (SSSR count). The lowest BCUT2D eigenvalue weighted by Crippen LogP contribution is -1.76. The van der Waals surface area contributed by atoms with Crippen LogP contribution in [-0.4, -0.2) is 5.75 Å². The average Bonchev–Trinajstić information content (AvgIpc) is 2.35. The van der Waals surface area contributed by atoms with Crippen molar-refractivity contribution in [3.63, 3.8) is 0 Å². The molecule has 0 radical (unpaired) electrons. The minimum absolute atomic E-state index is 0.806. The molecule has 0 atom stereocenters. The number of rotatable bonds is 8. The van der Waals surface area contributed by atoms with E-state index in [-0.39, 0.29) is 0 Å². The topological polar surface area (TPSA) is 0 Å². The van der Waals surface area contributed by atoms with Crippen LogP contribution in [0.15, 0.2) is 41.3 Å². The zero-order valence-corrected chi connectivity index (χ0v) is 12.1. The number of unbranched alkanes of at least 4 members (excludes halogenated alkanes) is 4. The lowest BCUT2D eigenvalue weighted by molar-refractivity contribution is 0.674. The van der Waals surface area contributed by atoms with E-state index in [1.54, 1.807) is 0 Å². The van der Waals surface area contributed by atoms with Gasteiger partial charge in [-0.3, -0.25) is 0 Å². The number of hydrogen-bond acceptors (Lipinski definition) is 1. The molecule has 0 aromatic heterocycles. The summed E-state index contributed by atoms with van der Waals surface area (Å²) < 4.78 is 0. The fraction of sp³-hybridized carbons (Fsp3) is 0.467. The first-order chi connectivity index (χ1) is 8.33. The third-order valence-corrected chi connectivity index (χ3v) is 3.77. The Kier molecular flexibility index (Phi) is 8.29. The van der Waals surface area contributed by atoms with Crippen molar-refractivity contribution in [1.29, 1.82) is 0 Å². The van der Waals surface area contributed by atoms with Gasteiger partial charge in [0.05, 0.1) is 0 Å². The number of benzene rings is 1. The van der Waals surface area contributed by atoms with Crippen LogP contribution in [0.25, 0.3) is 0 Å². The third-order valence-electron chi connectivity index (χ3n) is 2.55. The summed E-state index contributed by atoms with van der Waals surface area (Å²) in [5.41, 5.74) is 0. The molecule has 17 heavy (non-hydrogen) atoms. The molecule has 0 fully saturated rings. The Morgan fingerprint density at radius 2 is 1.82 bits per heavy atom. The van der Waals surface area contributed by atoms with Crippen molar-refractivity contribution < 1.29 is 0 Å². The second-order valence-corrected chi connectivity index (χ2v) is 5.62. The maximum atomic E-state index is 5.83. The van der Waals surface area contributed by atoms with Gasteiger partial charge in [0.25, 0.3) is 0 Å². The molecule has 1 aromatic rings. The molecular weight excluding hydrogens is 248 g/mol. The molecule has 0 aliphatic carbocycles. The SMILES string of the molecule is CCCCCC/C=C\CSc1ccc(Cl)cc1. The quantitative estimate of drug-likeness (QED) is 0.318. The fourth-order valence-corrected chi connectivity index (χ4v) is 2.43. The summed E-state index contributed by atoms with van der Waals surface area (Å²) in [6.45, 7) is 2.25. The van der Waals surface area contributed by atoms with Crippen molar-refractivity contribution in [3.05, 3.63) is 41.4 Å². The molecule has 0 aliphatic heterocycles. The minimum Gasteiger partial charge on any atom is -0.122 e. The van der Waals surface area contributed by atoms with Crippen LogP contribution in [0.2, 0.25) is 5.02 Å². The van der Waals surface area contributed by atoms with E-state index in [0.717, 1.165) is 10.8 Å². The van der Waals surface area contributed by atoms with Gasteiger partial charge in [-0.15, -0.1) is 11.8 Å². The second kappa shape index (κ2) is 9.61. The molecule has 0 spiro atoms.